The molecule has 0 aliphatic rings. The number of ether oxygens (including phenoxy) is 1. The molecule has 0 spiro atoms. The minimum Gasteiger partial charge on any atom is -0.435 e. The van der Waals surface area contributed by atoms with Gasteiger partial charge in [0.05, 0.1) is 5.69 Å². The van der Waals surface area contributed by atoms with E-state index in [4.69, 9.17) is 0 Å². The number of nitrogens with zero attached hydrogens (tertiary/aromatic N) is 1. The van der Waals surface area contributed by atoms with Gasteiger partial charge in [-0.3, -0.25) is 9.89 Å². The van der Waals surface area contributed by atoms with Crippen LogP contribution >= 0.6 is 0 Å². The molecule has 3 aromatic rings. The summed E-state index contributed by atoms with van der Waals surface area (Å²) in [6, 6.07) is 13.4. The number of rotatable bonds is 5. The van der Waals surface area contributed by atoms with E-state index in [1.54, 1.807) is 18.2 Å². The lowest BCUT2D eigenvalue weighted by Gasteiger charge is -2.08. The van der Waals surface area contributed by atoms with E-state index in [9.17, 15) is 13.6 Å². The standard InChI is InChI=1S/C19H17F2N3O2/c1-11-3-4-12(2)15(9-11)22-18(25)17-10-16(23-24-17)13-5-7-14(8-6-13)26-19(20)21/h3-10,19H,1-2H3,(H,22,25)(H,23,24). The van der Waals surface area contributed by atoms with Crippen molar-refractivity contribution >= 4 is 11.6 Å². The summed E-state index contributed by atoms with van der Waals surface area (Å²) in [7, 11) is 0. The van der Waals surface area contributed by atoms with Crippen LogP contribution in [0.15, 0.2) is 48.5 Å². The SMILES string of the molecule is Cc1ccc(C)c(NC(=O)c2cc(-c3ccc(OC(F)F)cc3)n[nH]2)c1. The van der Waals surface area contributed by atoms with Gasteiger partial charge >= 0.3 is 6.61 Å². The number of alkyl halides is 2. The Bertz CT molecular complexity index is 921. The average Bonchev–Trinajstić information content (AvgIpc) is 3.08. The van der Waals surface area contributed by atoms with Crippen LogP contribution < -0.4 is 10.1 Å². The van der Waals surface area contributed by atoms with Crippen molar-refractivity contribution in [1.29, 1.82) is 0 Å². The lowest BCUT2D eigenvalue weighted by molar-refractivity contribution is -0.0498. The number of amides is 1. The van der Waals surface area contributed by atoms with Crippen molar-refractivity contribution in [2.75, 3.05) is 5.32 Å². The Morgan fingerprint density at radius 2 is 1.85 bits per heavy atom. The molecule has 0 saturated heterocycles. The van der Waals surface area contributed by atoms with E-state index in [2.05, 4.69) is 20.3 Å². The molecule has 26 heavy (non-hydrogen) atoms. The highest BCUT2D eigenvalue weighted by molar-refractivity contribution is 6.03. The highest BCUT2D eigenvalue weighted by Crippen LogP contribution is 2.23. The molecule has 0 atom stereocenters. The molecule has 0 bridgehead atoms. The highest BCUT2D eigenvalue weighted by Gasteiger charge is 2.13. The summed E-state index contributed by atoms with van der Waals surface area (Å²) in [6.45, 7) is 0.994. The summed E-state index contributed by atoms with van der Waals surface area (Å²) in [5.74, 6) is -0.248. The predicted octanol–water partition coefficient (Wildman–Crippen LogP) is 4.55. The Morgan fingerprint density at radius 1 is 1.12 bits per heavy atom. The molecule has 134 valence electrons. The number of aryl methyl sites for hydroxylation is 2. The van der Waals surface area contributed by atoms with Crippen molar-refractivity contribution in [3.8, 4) is 17.0 Å². The van der Waals surface area contributed by atoms with E-state index in [-0.39, 0.29) is 11.7 Å². The van der Waals surface area contributed by atoms with Crippen molar-refractivity contribution < 1.29 is 18.3 Å². The molecular weight excluding hydrogens is 340 g/mol. The van der Waals surface area contributed by atoms with E-state index < -0.39 is 6.61 Å². The summed E-state index contributed by atoms with van der Waals surface area (Å²) < 4.78 is 28.7. The molecule has 0 aliphatic heterocycles. The van der Waals surface area contributed by atoms with Crippen LogP contribution in [0.5, 0.6) is 5.75 Å². The number of hydrogen-bond acceptors (Lipinski definition) is 3. The smallest absolute Gasteiger partial charge is 0.387 e. The van der Waals surface area contributed by atoms with Gasteiger partial charge in [-0.25, -0.2) is 0 Å². The van der Waals surface area contributed by atoms with Gasteiger partial charge in [-0.2, -0.15) is 13.9 Å². The van der Waals surface area contributed by atoms with Gasteiger partial charge in [-0.1, -0.05) is 12.1 Å². The van der Waals surface area contributed by atoms with Crippen LogP contribution in [-0.2, 0) is 0 Å². The maximum absolute atomic E-state index is 12.4. The summed E-state index contributed by atoms with van der Waals surface area (Å²) in [5.41, 5.74) is 4.24. The summed E-state index contributed by atoms with van der Waals surface area (Å²) in [6.07, 6.45) is 0. The third-order valence-electron chi connectivity index (χ3n) is 3.84. The summed E-state index contributed by atoms with van der Waals surface area (Å²) in [4.78, 5) is 12.4. The fourth-order valence-corrected chi connectivity index (χ4v) is 2.45. The zero-order valence-corrected chi connectivity index (χ0v) is 14.2. The van der Waals surface area contributed by atoms with Gasteiger partial charge in [0.15, 0.2) is 0 Å². The molecule has 7 heteroatoms. The number of carbonyl (C=O) groups excluding carboxylic acids is 1. The molecule has 0 fully saturated rings. The van der Waals surface area contributed by atoms with Crippen LogP contribution in [0, 0.1) is 13.8 Å². The maximum atomic E-state index is 12.4. The first kappa shape index (κ1) is 17.6. The average molecular weight is 357 g/mol. The molecule has 3 rings (SSSR count). The van der Waals surface area contributed by atoms with E-state index in [1.165, 1.54) is 12.1 Å². The van der Waals surface area contributed by atoms with Crippen LogP contribution in [0.1, 0.15) is 21.6 Å². The van der Waals surface area contributed by atoms with Gasteiger partial charge in [-0.05, 0) is 61.4 Å². The monoisotopic (exact) mass is 357 g/mol. The normalized spacial score (nSPS) is 10.8. The number of hydrogen-bond donors (Lipinski definition) is 2. The Balaban J connectivity index is 1.74. The Labute approximate surface area is 149 Å². The predicted molar refractivity (Wildman–Crippen MR) is 94.5 cm³/mol. The van der Waals surface area contributed by atoms with Crippen molar-refractivity contribution in [3.05, 3.63) is 65.4 Å². The van der Waals surface area contributed by atoms with Gasteiger partial charge in [-0.15, -0.1) is 0 Å². The van der Waals surface area contributed by atoms with Gasteiger partial charge < -0.3 is 10.1 Å². The number of carbonyl (C=O) groups is 1. The largest absolute Gasteiger partial charge is 0.435 e. The zero-order chi connectivity index (χ0) is 18.7. The number of halogens is 2. The van der Waals surface area contributed by atoms with Crippen LogP contribution in [0.2, 0.25) is 0 Å². The molecule has 1 aromatic heterocycles. The lowest BCUT2D eigenvalue weighted by atomic mass is 10.1. The second-order valence-corrected chi connectivity index (χ2v) is 5.84. The number of benzene rings is 2. The fraction of sp³-hybridized carbons (Fsp3) is 0.158. The third kappa shape index (κ3) is 4.05. The molecule has 1 heterocycles. The molecule has 5 nitrogen and oxygen atoms in total. The summed E-state index contributed by atoms with van der Waals surface area (Å²) >= 11 is 0. The molecule has 2 aromatic carbocycles. The van der Waals surface area contributed by atoms with Crippen molar-refractivity contribution in [2.24, 2.45) is 0 Å². The second-order valence-electron chi connectivity index (χ2n) is 5.84. The number of anilines is 1. The number of aromatic nitrogens is 2. The molecule has 1 amide bonds. The second kappa shape index (κ2) is 7.35. The van der Waals surface area contributed by atoms with Gasteiger partial charge in [0.2, 0.25) is 0 Å². The van der Waals surface area contributed by atoms with Gasteiger partial charge in [0.1, 0.15) is 11.4 Å². The van der Waals surface area contributed by atoms with Crippen LogP contribution in [0.3, 0.4) is 0 Å². The minimum absolute atomic E-state index is 0.0622. The maximum Gasteiger partial charge on any atom is 0.387 e. The Morgan fingerprint density at radius 3 is 2.54 bits per heavy atom. The molecule has 0 aliphatic carbocycles. The van der Waals surface area contributed by atoms with Crippen LogP contribution in [0.25, 0.3) is 11.3 Å². The van der Waals surface area contributed by atoms with E-state index >= 15 is 0 Å². The van der Waals surface area contributed by atoms with Gasteiger partial charge in [0, 0.05) is 11.3 Å². The Hall–Kier alpha value is -3.22. The van der Waals surface area contributed by atoms with Crippen LogP contribution in [0.4, 0.5) is 14.5 Å². The number of H-pyrrole nitrogens is 1. The van der Waals surface area contributed by atoms with E-state index in [1.807, 2.05) is 32.0 Å². The first-order chi connectivity index (χ1) is 12.4. The first-order valence-corrected chi connectivity index (χ1v) is 7.91. The van der Waals surface area contributed by atoms with E-state index in [0.717, 1.165) is 16.8 Å². The molecule has 2 N–H and O–H groups in total. The Kier molecular flexibility index (Phi) is 4.97. The highest BCUT2D eigenvalue weighted by atomic mass is 19.3. The zero-order valence-electron chi connectivity index (χ0n) is 14.2. The first-order valence-electron chi connectivity index (χ1n) is 7.91. The number of aromatic amines is 1. The van der Waals surface area contributed by atoms with Gasteiger partial charge in [0.25, 0.3) is 5.91 Å². The van der Waals surface area contributed by atoms with E-state index in [0.29, 0.717) is 17.0 Å². The van der Waals surface area contributed by atoms with Crippen molar-refractivity contribution in [2.45, 2.75) is 20.5 Å². The fourth-order valence-electron chi connectivity index (χ4n) is 2.45. The quantitative estimate of drug-likeness (QED) is 0.704. The topological polar surface area (TPSA) is 67.0 Å². The minimum atomic E-state index is -2.87. The summed E-state index contributed by atoms with van der Waals surface area (Å²) in [5, 5.41) is 9.65. The molecule has 0 radical (unpaired) electrons. The number of nitrogens with one attached hydrogen (secondary N) is 2. The molecule has 0 unspecified atom stereocenters. The van der Waals surface area contributed by atoms with Crippen molar-refractivity contribution in [3.63, 3.8) is 0 Å². The molecule has 0 saturated carbocycles. The third-order valence-corrected chi connectivity index (χ3v) is 3.84. The van der Waals surface area contributed by atoms with Crippen molar-refractivity contribution in [1.82, 2.24) is 10.2 Å². The lowest BCUT2D eigenvalue weighted by Crippen LogP contribution is -2.13. The van der Waals surface area contributed by atoms with Crippen LogP contribution in [-0.4, -0.2) is 22.7 Å². The molecular formula is C19H17F2N3O2.